The fraction of sp³-hybridized carbons (Fsp3) is 0.545. The number of hydrogen-bond donors (Lipinski definition) is 1. The molecule has 0 bridgehead atoms. The van der Waals surface area contributed by atoms with Crippen molar-refractivity contribution in [2.24, 2.45) is 5.92 Å². The van der Waals surface area contributed by atoms with Crippen molar-refractivity contribution in [3.8, 4) is 6.07 Å². The molecule has 0 fully saturated rings. The number of thiazole rings is 1. The summed E-state index contributed by atoms with van der Waals surface area (Å²) in [5.41, 5.74) is 0.864. The summed E-state index contributed by atoms with van der Waals surface area (Å²) in [4.78, 5) is 17.4. The number of aryl methyl sites for hydroxylation is 1. The minimum Gasteiger partial charge on any atom is -0.332 e. The second-order valence-corrected chi connectivity index (χ2v) is 4.99. The van der Waals surface area contributed by atoms with Crippen LogP contribution in [0.3, 0.4) is 0 Å². The predicted molar refractivity (Wildman–Crippen MR) is 66.5 cm³/mol. The van der Waals surface area contributed by atoms with E-state index < -0.39 is 0 Å². The van der Waals surface area contributed by atoms with Crippen molar-refractivity contribution in [2.45, 2.75) is 20.4 Å². The fourth-order valence-electron chi connectivity index (χ4n) is 1.33. The predicted octanol–water partition coefficient (Wildman–Crippen LogP) is 1.75. The van der Waals surface area contributed by atoms with Crippen LogP contribution in [0.25, 0.3) is 0 Å². The summed E-state index contributed by atoms with van der Waals surface area (Å²) in [6.45, 7) is 4.57. The molecule has 0 spiro atoms. The Hall–Kier alpha value is -1.61. The molecule has 0 radical (unpaired) electrons. The average Bonchev–Trinajstić information content (AvgIpc) is 2.71. The Morgan fingerprint density at radius 3 is 3.00 bits per heavy atom. The van der Waals surface area contributed by atoms with Gasteiger partial charge in [0.2, 0.25) is 0 Å². The van der Waals surface area contributed by atoms with Gasteiger partial charge in [-0.05, 0) is 13.8 Å². The Kier molecular flexibility index (Phi) is 4.91. The molecule has 0 aromatic carbocycles. The maximum absolute atomic E-state index is 11.7. The molecule has 1 atom stereocenters. The maximum Gasteiger partial charge on any atom is 0.317 e. The Balaban J connectivity index is 2.37. The van der Waals surface area contributed by atoms with Crippen molar-refractivity contribution in [1.29, 1.82) is 5.26 Å². The Morgan fingerprint density at radius 1 is 1.76 bits per heavy atom. The van der Waals surface area contributed by atoms with E-state index in [1.165, 1.54) is 4.90 Å². The molecule has 1 unspecified atom stereocenters. The molecule has 1 heterocycles. The second kappa shape index (κ2) is 6.21. The molecular formula is C11H16N4OS. The molecule has 0 aliphatic heterocycles. The zero-order valence-electron chi connectivity index (χ0n) is 10.2. The summed E-state index contributed by atoms with van der Waals surface area (Å²) in [5, 5.41) is 14.3. The zero-order chi connectivity index (χ0) is 12.8. The number of carbonyl (C=O) groups is 1. The van der Waals surface area contributed by atoms with Crippen LogP contribution in [-0.4, -0.2) is 29.5 Å². The number of aromatic nitrogens is 1. The van der Waals surface area contributed by atoms with Crippen molar-refractivity contribution in [1.82, 2.24) is 15.2 Å². The van der Waals surface area contributed by atoms with Gasteiger partial charge in [0, 0.05) is 19.0 Å². The standard InChI is InChI=1S/C11H16N4OS/c1-8(4-12)6-15(3)11(16)13-5-10-7-17-9(2)14-10/h7-8H,5-6H2,1-3H3,(H,13,16). The van der Waals surface area contributed by atoms with Crippen LogP contribution in [0.1, 0.15) is 17.6 Å². The molecule has 17 heavy (non-hydrogen) atoms. The first-order valence-corrected chi connectivity index (χ1v) is 6.20. The van der Waals surface area contributed by atoms with E-state index >= 15 is 0 Å². The first kappa shape index (κ1) is 13.5. The lowest BCUT2D eigenvalue weighted by Crippen LogP contribution is -2.39. The van der Waals surface area contributed by atoms with Crippen LogP contribution in [0.4, 0.5) is 4.79 Å². The monoisotopic (exact) mass is 252 g/mol. The quantitative estimate of drug-likeness (QED) is 0.887. The number of nitrogens with one attached hydrogen (secondary N) is 1. The van der Waals surface area contributed by atoms with Crippen molar-refractivity contribution < 1.29 is 4.79 Å². The van der Waals surface area contributed by atoms with Gasteiger partial charge in [0.15, 0.2) is 0 Å². The van der Waals surface area contributed by atoms with Crippen molar-refractivity contribution in [3.05, 3.63) is 16.1 Å². The molecule has 0 saturated carbocycles. The molecule has 5 nitrogen and oxygen atoms in total. The first-order chi connectivity index (χ1) is 8.02. The van der Waals surface area contributed by atoms with E-state index in [0.717, 1.165) is 10.7 Å². The lowest BCUT2D eigenvalue weighted by Gasteiger charge is -2.18. The molecule has 1 aromatic heterocycles. The highest BCUT2D eigenvalue weighted by atomic mass is 32.1. The smallest absolute Gasteiger partial charge is 0.317 e. The number of hydrogen-bond acceptors (Lipinski definition) is 4. The van der Waals surface area contributed by atoms with Crippen molar-refractivity contribution in [3.63, 3.8) is 0 Å². The SMILES string of the molecule is Cc1nc(CNC(=O)N(C)CC(C)C#N)cs1. The molecule has 0 aliphatic rings. The second-order valence-electron chi connectivity index (χ2n) is 3.93. The lowest BCUT2D eigenvalue weighted by atomic mass is 10.2. The third-order valence-electron chi connectivity index (χ3n) is 2.20. The van der Waals surface area contributed by atoms with Crippen LogP contribution < -0.4 is 5.32 Å². The van der Waals surface area contributed by atoms with Crippen LogP contribution in [0.2, 0.25) is 0 Å². The van der Waals surface area contributed by atoms with Crippen LogP contribution in [-0.2, 0) is 6.54 Å². The highest BCUT2D eigenvalue weighted by Crippen LogP contribution is 2.07. The topological polar surface area (TPSA) is 69.0 Å². The molecule has 0 saturated heterocycles. The molecule has 2 amide bonds. The van der Waals surface area contributed by atoms with Gasteiger partial charge in [-0.2, -0.15) is 5.26 Å². The minimum atomic E-state index is -0.183. The van der Waals surface area contributed by atoms with E-state index in [1.807, 2.05) is 12.3 Å². The van der Waals surface area contributed by atoms with E-state index in [1.54, 1.807) is 25.3 Å². The molecule has 92 valence electrons. The Morgan fingerprint density at radius 2 is 2.47 bits per heavy atom. The molecule has 0 aliphatic carbocycles. The number of amides is 2. The summed E-state index contributed by atoms with van der Waals surface area (Å²) < 4.78 is 0. The van der Waals surface area contributed by atoms with E-state index in [-0.39, 0.29) is 11.9 Å². The van der Waals surface area contributed by atoms with Gasteiger partial charge in [-0.1, -0.05) is 0 Å². The summed E-state index contributed by atoms with van der Waals surface area (Å²) in [7, 11) is 1.68. The van der Waals surface area contributed by atoms with Crippen LogP contribution in [0, 0.1) is 24.2 Å². The fourth-order valence-corrected chi connectivity index (χ4v) is 1.94. The van der Waals surface area contributed by atoms with Crippen molar-refractivity contribution >= 4 is 17.4 Å². The maximum atomic E-state index is 11.7. The largest absolute Gasteiger partial charge is 0.332 e. The third-order valence-corrected chi connectivity index (χ3v) is 3.02. The number of rotatable bonds is 4. The van der Waals surface area contributed by atoms with Crippen LogP contribution in [0.15, 0.2) is 5.38 Å². The molecule has 1 aromatic rings. The Labute approximate surface area is 105 Å². The van der Waals surface area contributed by atoms with Gasteiger partial charge in [0.25, 0.3) is 0 Å². The average molecular weight is 252 g/mol. The summed E-state index contributed by atoms with van der Waals surface area (Å²) >= 11 is 1.56. The van der Waals surface area contributed by atoms with Gasteiger partial charge in [-0.25, -0.2) is 9.78 Å². The summed E-state index contributed by atoms with van der Waals surface area (Å²) in [6, 6.07) is 1.91. The van der Waals surface area contributed by atoms with E-state index in [9.17, 15) is 4.79 Å². The zero-order valence-corrected chi connectivity index (χ0v) is 11.0. The van der Waals surface area contributed by atoms with E-state index in [0.29, 0.717) is 13.1 Å². The van der Waals surface area contributed by atoms with Gasteiger partial charge in [0.05, 0.1) is 29.2 Å². The number of nitriles is 1. The first-order valence-electron chi connectivity index (χ1n) is 5.32. The molecule has 6 heteroatoms. The highest BCUT2D eigenvalue weighted by Gasteiger charge is 2.11. The summed E-state index contributed by atoms with van der Waals surface area (Å²) in [5.74, 6) is -0.160. The highest BCUT2D eigenvalue weighted by molar-refractivity contribution is 7.09. The van der Waals surface area contributed by atoms with E-state index in [4.69, 9.17) is 5.26 Å². The van der Waals surface area contributed by atoms with Gasteiger partial charge in [-0.3, -0.25) is 0 Å². The van der Waals surface area contributed by atoms with Gasteiger partial charge in [-0.15, -0.1) is 11.3 Å². The van der Waals surface area contributed by atoms with Crippen LogP contribution in [0.5, 0.6) is 0 Å². The van der Waals surface area contributed by atoms with Crippen LogP contribution >= 0.6 is 11.3 Å². The lowest BCUT2D eigenvalue weighted by molar-refractivity contribution is 0.205. The normalized spacial score (nSPS) is 11.6. The number of urea groups is 1. The molecular weight excluding hydrogens is 236 g/mol. The number of nitrogens with zero attached hydrogens (tertiary/aromatic N) is 3. The van der Waals surface area contributed by atoms with Gasteiger partial charge >= 0.3 is 6.03 Å². The molecule has 1 rings (SSSR count). The van der Waals surface area contributed by atoms with Gasteiger partial charge < -0.3 is 10.2 Å². The van der Waals surface area contributed by atoms with E-state index in [2.05, 4.69) is 16.4 Å². The molecule has 1 N–H and O–H groups in total. The summed E-state index contributed by atoms with van der Waals surface area (Å²) in [6.07, 6.45) is 0. The minimum absolute atomic E-state index is 0.160. The van der Waals surface area contributed by atoms with Gasteiger partial charge in [0.1, 0.15) is 0 Å². The number of carbonyl (C=O) groups excluding carboxylic acids is 1. The van der Waals surface area contributed by atoms with Crippen molar-refractivity contribution in [2.75, 3.05) is 13.6 Å². The Bertz CT molecular complexity index is 423. The third kappa shape index (κ3) is 4.41.